The molecule has 5 fully saturated rings. The molecule has 5 aliphatic rings. The van der Waals surface area contributed by atoms with Crippen LogP contribution in [0.5, 0.6) is 17.6 Å². The molecule has 0 radical (unpaired) electrons. The van der Waals surface area contributed by atoms with E-state index in [-0.39, 0.29) is 87.7 Å². The number of aliphatic hydroxyl groups is 1. The minimum Gasteiger partial charge on any atom is -0.508 e. The number of fused-ring (bicyclic) bond motifs is 3. The Labute approximate surface area is 342 Å². The number of anilines is 1. The lowest BCUT2D eigenvalue weighted by atomic mass is 9.75. The third-order valence-corrected chi connectivity index (χ3v) is 13.4. The van der Waals surface area contributed by atoms with Crippen LogP contribution in [0, 0.1) is 41.2 Å². The Bertz CT molecular complexity index is 2320. The van der Waals surface area contributed by atoms with E-state index in [1.807, 2.05) is 4.90 Å². The van der Waals surface area contributed by atoms with Crippen LogP contribution in [-0.4, -0.2) is 119 Å². The number of rotatable bonds is 9. The molecule has 12 nitrogen and oxygen atoms in total. The summed E-state index contributed by atoms with van der Waals surface area (Å²) in [6, 6.07) is 5.68. The number of hydrogen-bond donors (Lipinski definition) is 2. The predicted molar refractivity (Wildman–Crippen MR) is 218 cm³/mol. The molecule has 3 saturated heterocycles. The van der Waals surface area contributed by atoms with Crippen molar-refractivity contribution >= 4 is 33.4 Å². The number of phenolic OH excluding ortho intramolecular Hbond substituents is 1. The van der Waals surface area contributed by atoms with E-state index in [2.05, 4.69) is 20.7 Å². The molecule has 3 aliphatic heterocycles. The Kier molecular flexibility index (Phi) is 10.5. The van der Waals surface area contributed by atoms with Gasteiger partial charge < -0.3 is 34.2 Å². The average Bonchev–Trinajstić information content (AvgIpc) is 4.02. The zero-order valence-corrected chi connectivity index (χ0v) is 33.8. The number of halogens is 2. The Balaban J connectivity index is 1.08. The largest absolute Gasteiger partial charge is 0.508 e. The molecule has 2 N–H and O–H groups in total. The van der Waals surface area contributed by atoms with Gasteiger partial charge in [-0.15, -0.1) is 6.42 Å². The Morgan fingerprint density at radius 1 is 1.03 bits per heavy atom. The van der Waals surface area contributed by atoms with Crippen LogP contribution in [-0.2, 0) is 9.53 Å². The van der Waals surface area contributed by atoms with Crippen molar-refractivity contribution < 1.29 is 38.0 Å². The standard InChI is InChI=1S/C45H52F2N6O6/c1-4-31-33(46)11-10-29-21-30(54)22-32(35(29)31)38-37(47)39-36(41(48-38)57-3)40(53-19-20-58-25-44(2,56)24-53)50-43(49-39)59-26-45-14-5-7-34(45)52(16-6-15-45)23-27-12-17-51(18-13-27)42(55)28-8-9-28/h1,10-11,21-22,27-28,34,54,56H,5-9,12-20,23-26H2,2-3H3/t34-,44+,45-/m1/s1. The van der Waals surface area contributed by atoms with Gasteiger partial charge in [0.15, 0.2) is 5.82 Å². The van der Waals surface area contributed by atoms with Crippen LogP contribution >= 0.6 is 0 Å². The highest BCUT2D eigenvalue weighted by Crippen LogP contribution is 2.49. The molecule has 2 saturated carbocycles. The molecular formula is C45H52F2N6O6. The second-order valence-corrected chi connectivity index (χ2v) is 17.7. The summed E-state index contributed by atoms with van der Waals surface area (Å²) in [5, 5.41) is 22.8. The molecular weight excluding hydrogens is 759 g/mol. The molecule has 0 unspecified atom stereocenters. The van der Waals surface area contributed by atoms with Crippen LogP contribution < -0.4 is 14.4 Å². The Hall–Kier alpha value is -4.84. The molecule has 1 amide bonds. The molecule has 0 spiro atoms. The first kappa shape index (κ1) is 39.6. The summed E-state index contributed by atoms with van der Waals surface area (Å²) < 4.78 is 50.7. The third-order valence-electron chi connectivity index (χ3n) is 13.4. The fraction of sp³-hybridized carbons (Fsp3) is 0.556. The molecule has 2 aliphatic carbocycles. The van der Waals surface area contributed by atoms with Gasteiger partial charge in [0.1, 0.15) is 39.6 Å². The fourth-order valence-corrected chi connectivity index (χ4v) is 10.4. The molecule has 5 heterocycles. The van der Waals surface area contributed by atoms with Crippen LogP contribution in [0.15, 0.2) is 24.3 Å². The number of β-amino-alcohol motifs (C(OH)–C–C–N with tert-alkyl or cyclic N) is 1. The topological polar surface area (TPSA) is 134 Å². The first-order valence-electron chi connectivity index (χ1n) is 21.1. The highest BCUT2D eigenvalue weighted by molar-refractivity contribution is 6.04. The molecule has 9 rings (SSSR count). The maximum absolute atomic E-state index is 17.4. The lowest BCUT2D eigenvalue weighted by molar-refractivity contribution is -0.134. The number of terminal acetylenes is 1. The lowest BCUT2D eigenvalue weighted by Gasteiger charge is -2.47. The summed E-state index contributed by atoms with van der Waals surface area (Å²) in [6.45, 7) is 6.53. The van der Waals surface area contributed by atoms with E-state index >= 15 is 8.78 Å². The minimum absolute atomic E-state index is 0.0157. The van der Waals surface area contributed by atoms with E-state index in [0.717, 1.165) is 84.0 Å². The van der Waals surface area contributed by atoms with E-state index in [4.69, 9.17) is 30.6 Å². The molecule has 2 aromatic carbocycles. The van der Waals surface area contributed by atoms with E-state index in [1.165, 1.54) is 31.4 Å². The van der Waals surface area contributed by atoms with Gasteiger partial charge >= 0.3 is 6.01 Å². The van der Waals surface area contributed by atoms with Crippen molar-refractivity contribution in [1.29, 1.82) is 0 Å². The van der Waals surface area contributed by atoms with Crippen LogP contribution in [0.1, 0.15) is 70.3 Å². The van der Waals surface area contributed by atoms with E-state index in [1.54, 1.807) is 6.92 Å². The highest BCUT2D eigenvalue weighted by atomic mass is 19.1. The van der Waals surface area contributed by atoms with Gasteiger partial charge in [-0.05, 0) is 94.3 Å². The molecule has 312 valence electrons. The first-order chi connectivity index (χ1) is 28.5. The van der Waals surface area contributed by atoms with Gasteiger partial charge in [-0.3, -0.25) is 9.69 Å². The normalized spacial score (nSPS) is 25.5. The van der Waals surface area contributed by atoms with Crippen molar-refractivity contribution in [3.05, 3.63) is 41.5 Å². The van der Waals surface area contributed by atoms with Gasteiger partial charge in [-0.25, -0.2) is 13.8 Å². The Morgan fingerprint density at radius 3 is 2.59 bits per heavy atom. The van der Waals surface area contributed by atoms with E-state index < -0.39 is 17.2 Å². The van der Waals surface area contributed by atoms with Gasteiger partial charge in [-0.2, -0.15) is 9.97 Å². The molecule has 14 heteroatoms. The number of carbonyl (C=O) groups is 1. The monoisotopic (exact) mass is 810 g/mol. The number of amides is 1. The van der Waals surface area contributed by atoms with Crippen molar-refractivity contribution in [2.24, 2.45) is 17.3 Å². The second kappa shape index (κ2) is 15.6. The summed E-state index contributed by atoms with van der Waals surface area (Å²) in [4.78, 5) is 33.5. The summed E-state index contributed by atoms with van der Waals surface area (Å²) in [5.41, 5.74) is -1.83. The zero-order valence-electron chi connectivity index (χ0n) is 33.8. The maximum Gasteiger partial charge on any atom is 0.319 e. The smallest absolute Gasteiger partial charge is 0.319 e. The van der Waals surface area contributed by atoms with Gasteiger partial charge in [-0.1, -0.05) is 18.4 Å². The summed E-state index contributed by atoms with van der Waals surface area (Å²) >= 11 is 0. The highest BCUT2D eigenvalue weighted by Gasteiger charge is 2.49. The van der Waals surface area contributed by atoms with Crippen LogP contribution in [0.3, 0.4) is 0 Å². The number of piperidine rings is 2. The van der Waals surface area contributed by atoms with Gasteiger partial charge in [0, 0.05) is 54.5 Å². The van der Waals surface area contributed by atoms with Gasteiger partial charge in [0.2, 0.25) is 11.8 Å². The van der Waals surface area contributed by atoms with E-state index in [9.17, 15) is 15.0 Å². The quantitative estimate of drug-likeness (QED) is 0.191. The average molecular weight is 811 g/mol. The molecule has 3 atom stereocenters. The molecule has 59 heavy (non-hydrogen) atoms. The number of pyridine rings is 1. The number of likely N-dealkylation sites (tertiary alicyclic amines) is 2. The molecule has 2 aromatic heterocycles. The maximum atomic E-state index is 17.4. The van der Waals surface area contributed by atoms with Crippen molar-refractivity contribution in [2.45, 2.75) is 76.4 Å². The third kappa shape index (κ3) is 7.50. The minimum atomic E-state index is -1.25. The lowest BCUT2D eigenvalue weighted by Crippen LogP contribution is -2.54. The zero-order chi connectivity index (χ0) is 41.1. The Morgan fingerprint density at radius 2 is 1.83 bits per heavy atom. The van der Waals surface area contributed by atoms with Gasteiger partial charge in [0.05, 0.1) is 39.0 Å². The number of phenols is 1. The van der Waals surface area contributed by atoms with E-state index in [0.29, 0.717) is 36.4 Å². The number of aromatic hydroxyl groups is 1. The first-order valence-corrected chi connectivity index (χ1v) is 21.1. The summed E-state index contributed by atoms with van der Waals surface area (Å²) in [6.07, 6.45) is 15.0. The number of hydrogen-bond acceptors (Lipinski definition) is 11. The van der Waals surface area contributed by atoms with Crippen molar-refractivity contribution in [3.63, 3.8) is 0 Å². The van der Waals surface area contributed by atoms with Crippen molar-refractivity contribution in [1.82, 2.24) is 24.8 Å². The predicted octanol–water partition coefficient (Wildman–Crippen LogP) is 6.07. The van der Waals surface area contributed by atoms with Crippen LogP contribution in [0.25, 0.3) is 32.9 Å². The number of carbonyl (C=O) groups excluding carboxylic acids is 1. The van der Waals surface area contributed by atoms with Crippen molar-refractivity contribution in [2.75, 3.05) is 71.1 Å². The van der Waals surface area contributed by atoms with Crippen molar-refractivity contribution in [3.8, 4) is 41.2 Å². The number of aromatic nitrogens is 3. The summed E-state index contributed by atoms with van der Waals surface area (Å²) in [7, 11) is 1.40. The fourth-order valence-electron chi connectivity index (χ4n) is 10.4. The number of methoxy groups -OCH3 is 1. The number of ether oxygens (including phenoxy) is 3. The number of benzene rings is 2. The number of nitrogens with zero attached hydrogens (tertiary/aromatic N) is 6. The molecule has 4 aromatic rings. The second-order valence-electron chi connectivity index (χ2n) is 17.7. The van der Waals surface area contributed by atoms with Gasteiger partial charge in [0.25, 0.3) is 0 Å². The molecule has 0 bridgehead atoms. The SMILES string of the molecule is C#Cc1c(F)ccc2cc(O)cc(-c3nc(OC)c4c(N5CCOC[C@@](C)(O)C5)nc(OC[C@]56CCC[C@H]5N(CC5CCN(C(=O)C7CC7)CC5)CCC6)nc4c3F)c12. The van der Waals surface area contributed by atoms with Crippen LogP contribution in [0.4, 0.5) is 14.6 Å². The summed E-state index contributed by atoms with van der Waals surface area (Å²) in [5.74, 6) is 2.04. The van der Waals surface area contributed by atoms with Crippen LogP contribution in [0.2, 0.25) is 0 Å².